The van der Waals surface area contributed by atoms with Crippen molar-refractivity contribution >= 4 is 0 Å². The maximum absolute atomic E-state index is 5.62. The lowest BCUT2D eigenvalue weighted by atomic mass is 10.00. The lowest BCUT2D eigenvalue weighted by molar-refractivity contribution is -0.0208. The molecule has 0 aliphatic carbocycles. The molecule has 1 aliphatic heterocycles. The van der Waals surface area contributed by atoms with Gasteiger partial charge in [-0.25, -0.2) is 0 Å². The van der Waals surface area contributed by atoms with Crippen LogP contribution in [-0.2, 0) is 4.74 Å². The van der Waals surface area contributed by atoms with Crippen LogP contribution in [0.5, 0.6) is 0 Å². The Morgan fingerprint density at radius 2 is 2.11 bits per heavy atom. The Bertz CT molecular complexity index is 97.1. The first-order valence-corrected chi connectivity index (χ1v) is 3.33. The number of hydrogen-bond donors (Lipinski definition) is 2. The third kappa shape index (κ3) is 1.64. The van der Waals surface area contributed by atoms with Crippen LogP contribution in [0.2, 0.25) is 0 Å². The fraction of sp³-hybridized carbons (Fsp3) is 1.00. The molecule has 1 aliphatic rings. The van der Waals surface area contributed by atoms with Crippen molar-refractivity contribution in [3.8, 4) is 0 Å². The third-order valence-electron chi connectivity index (χ3n) is 1.67. The lowest BCUT2D eigenvalue weighted by Gasteiger charge is -2.29. The molecule has 3 atom stereocenters. The van der Waals surface area contributed by atoms with Crippen LogP contribution in [0.3, 0.4) is 0 Å². The SMILES string of the molecule is CC1COC(N)C(N)C1. The summed E-state index contributed by atoms with van der Waals surface area (Å²) < 4.78 is 5.16. The van der Waals surface area contributed by atoms with Gasteiger partial charge in [-0.1, -0.05) is 6.92 Å². The summed E-state index contributed by atoms with van der Waals surface area (Å²) in [6.07, 6.45) is 0.752. The van der Waals surface area contributed by atoms with Gasteiger partial charge >= 0.3 is 0 Å². The molecule has 0 aromatic rings. The smallest absolute Gasteiger partial charge is 0.120 e. The van der Waals surface area contributed by atoms with E-state index in [1.165, 1.54) is 0 Å². The van der Waals surface area contributed by atoms with E-state index in [4.69, 9.17) is 16.2 Å². The fourth-order valence-corrected chi connectivity index (χ4v) is 1.07. The van der Waals surface area contributed by atoms with E-state index < -0.39 is 0 Å². The minimum Gasteiger partial charge on any atom is -0.362 e. The largest absolute Gasteiger partial charge is 0.362 e. The van der Waals surface area contributed by atoms with Gasteiger partial charge in [0, 0.05) is 6.04 Å². The van der Waals surface area contributed by atoms with Gasteiger partial charge in [-0.2, -0.15) is 0 Å². The first-order valence-electron chi connectivity index (χ1n) is 3.33. The molecular formula is C6H14N2O. The predicted octanol–water partition coefficient (Wildman–Crippen LogP) is -0.345. The Morgan fingerprint density at radius 3 is 2.56 bits per heavy atom. The third-order valence-corrected chi connectivity index (χ3v) is 1.67. The Kier molecular flexibility index (Phi) is 2.05. The second-order valence-electron chi connectivity index (χ2n) is 2.80. The van der Waals surface area contributed by atoms with Crippen molar-refractivity contribution in [2.75, 3.05) is 6.61 Å². The highest BCUT2D eigenvalue weighted by molar-refractivity contribution is 4.75. The Labute approximate surface area is 55.4 Å². The molecule has 3 unspecified atom stereocenters. The van der Waals surface area contributed by atoms with Gasteiger partial charge in [-0.3, -0.25) is 0 Å². The maximum atomic E-state index is 5.62. The summed E-state index contributed by atoms with van der Waals surface area (Å²) in [4.78, 5) is 0. The number of ether oxygens (including phenoxy) is 1. The van der Waals surface area contributed by atoms with E-state index in [1.54, 1.807) is 0 Å². The highest BCUT2D eigenvalue weighted by atomic mass is 16.5. The molecule has 0 radical (unpaired) electrons. The molecule has 0 bridgehead atoms. The van der Waals surface area contributed by atoms with E-state index in [1.807, 2.05) is 0 Å². The minimum absolute atomic E-state index is 0.0359. The van der Waals surface area contributed by atoms with E-state index in [9.17, 15) is 0 Å². The van der Waals surface area contributed by atoms with Crippen LogP contribution in [-0.4, -0.2) is 18.9 Å². The molecule has 0 aromatic heterocycles. The summed E-state index contributed by atoms with van der Waals surface area (Å²) in [5, 5.41) is 0. The van der Waals surface area contributed by atoms with Gasteiger partial charge in [0.15, 0.2) is 0 Å². The summed E-state index contributed by atoms with van der Waals surface area (Å²) in [5.74, 6) is 0.569. The van der Waals surface area contributed by atoms with E-state index in [0.717, 1.165) is 13.0 Å². The highest BCUT2D eigenvalue weighted by Crippen LogP contribution is 2.13. The number of rotatable bonds is 0. The van der Waals surface area contributed by atoms with Crippen molar-refractivity contribution < 1.29 is 4.74 Å². The molecule has 54 valence electrons. The van der Waals surface area contributed by atoms with E-state index in [-0.39, 0.29) is 12.3 Å². The Balaban J connectivity index is 2.35. The van der Waals surface area contributed by atoms with E-state index in [0.29, 0.717) is 5.92 Å². The molecule has 1 saturated heterocycles. The average molecular weight is 130 g/mol. The maximum Gasteiger partial charge on any atom is 0.120 e. The normalized spacial score (nSPS) is 45.0. The second kappa shape index (κ2) is 2.64. The molecule has 3 heteroatoms. The van der Waals surface area contributed by atoms with Crippen LogP contribution in [0.4, 0.5) is 0 Å². The monoisotopic (exact) mass is 130 g/mol. The highest BCUT2D eigenvalue weighted by Gasteiger charge is 2.22. The summed E-state index contributed by atoms with van der Waals surface area (Å²) in [7, 11) is 0. The fourth-order valence-electron chi connectivity index (χ4n) is 1.07. The van der Waals surface area contributed by atoms with Crippen LogP contribution in [0.1, 0.15) is 13.3 Å². The summed E-state index contributed by atoms with van der Waals surface area (Å²) >= 11 is 0. The molecule has 0 saturated carbocycles. The van der Waals surface area contributed by atoms with E-state index in [2.05, 4.69) is 6.92 Å². The molecular weight excluding hydrogens is 116 g/mol. The van der Waals surface area contributed by atoms with Gasteiger partial charge in [0.1, 0.15) is 6.23 Å². The second-order valence-corrected chi connectivity index (χ2v) is 2.80. The zero-order valence-corrected chi connectivity index (χ0v) is 5.71. The van der Waals surface area contributed by atoms with Crippen LogP contribution in [0.15, 0.2) is 0 Å². The molecule has 0 aromatic carbocycles. The van der Waals surface area contributed by atoms with Crippen LogP contribution in [0.25, 0.3) is 0 Å². The van der Waals surface area contributed by atoms with Crippen molar-refractivity contribution in [3.05, 3.63) is 0 Å². The van der Waals surface area contributed by atoms with Crippen LogP contribution in [0, 0.1) is 5.92 Å². The minimum atomic E-state index is -0.235. The zero-order valence-electron chi connectivity index (χ0n) is 5.71. The van der Waals surface area contributed by atoms with Gasteiger partial charge in [0.25, 0.3) is 0 Å². The molecule has 0 amide bonds. The van der Waals surface area contributed by atoms with Crippen molar-refractivity contribution in [3.63, 3.8) is 0 Å². The van der Waals surface area contributed by atoms with Gasteiger partial charge < -0.3 is 16.2 Å². The predicted molar refractivity (Wildman–Crippen MR) is 35.7 cm³/mol. The molecule has 1 heterocycles. The van der Waals surface area contributed by atoms with Crippen molar-refractivity contribution in [1.29, 1.82) is 0 Å². The zero-order chi connectivity index (χ0) is 6.85. The first kappa shape index (κ1) is 6.99. The standard InChI is InChI=1S/C6H14N2O/c1-4-2-5(7)6(8)9-3-4/h4-6H,2-3,7-8H2,1H3. The lowest BCUT2D eigenvalue weighted by Crippen LogP contribution is -2.48. The molecule has 0 spiro atoms. The van der Waals surface area contributed by atoms with Crippen molar-refractivity contribution in [2.45, 2.75) is 25.6 Å². The van der Waals surface area contributed by atoms with Gasteiger partial charge in [-0.15, -0.1) is 0 Å². The van der Waals surface area contributed by atoms with Crippen molar-refractivity contribution in [2.24, 2.45) is 17.4 Å². The Hall–Kier alpha value is -0.120. The van der Waals surface area contributed by atoms with Gasteiger partial charge in [-0.05, 0) is 12.3 Å². The van der Waals surface area contributed by atoms with Crippen LogP contribution < -0.4 is 11.5 Å². The average Bonchev–Trinajstić information content (AvgIpc) is 1.80. The number of nitrogens with two attached hydrogens (primary N) is 2. The molecule has 1 fully saturated rings. The molecule has 9 heavy (non-hydrogen) atoms. The van der Waals surface area contributed by atoms with Crippen LogP contribution >= 0.6 is 0 Å². The Morgan fingerprint density at radius 1 is 1.44 bits per heavy atom. The summed E-state index contributed by atoms with van der Waals surface area (Å²) in [6.45, 7) is 2.88. The quantitative estimate of drug-likeness (QED) is 0.471. The summed E-state index contributed by atoms with van der Waals surface area (Å²) in [5.41, 5.74) is 11.1. The molecule has 4 N–H and O–H groups in total. The molecule has 1 rings (SSSR count). The molecule has 3 nitrogen and oxygen atoms in total. The van der Waals surface area contributed by atoms with E-state index >= 15 is 0 Å². The van der Waals surface area contributed by atoms with Gasteiger partial charge in [0.2, 0.25) is 0 Å². The first-order chi connectivity index (χ1) is 4.20. The number of hydrogen-bond acceptors (Lipinski definition) is 3. The van der Waals surface area contributed by atoms with Crippen molar-refractivity contribution in [1.82, 2.24) is 0 Å². The topological polar surface area (TPSA) is 61.3 Å². The van der Waals surface area contributed by atoms with Gasteiger partial charge in [0.05, 0.1) is 6.61 Å². The summed E-state index contributed by atoms with van der Waals surface area (Å²) in [6, 6.07) is 0.0359.